The smallest absolute Gasteiger partial charge is 0.143 e. The van der Waals surface area contributed by atoms with Crippen LogP contribution in [0.2, 0.25) is 0 Å². The quantitative estimate of drug-likeness (QED) is 0.680. The Bertz CT molecular complexity index is 718. The van der Waals surface area contributed by atoms with E-state index in [1.54, 1.807) is 6.20 Å². The maximum atomic E-state index is 6.07. The average Bonchev–Trinajstić information content (AvgIpc) is 2.94. The first-order valence-electron chi connectivity index (χ1n) is 6.30. The minimum absolute atomic E-state index is 0.439. The number of para-hydroxylation sites is 1. The molecule has 0 spiro atoms. The predicted molar refractivity (Wildman–Crippen MR) is 77.8 cm³/mol. The van der Waals surface area contributed by atoms with E-state index in [2.05, 4.69) is 24.0 Å². The summed E-state index contributed by atoms with van der Waals surface area (Å²) in [6.07, 6.45) is 4.60. The van der Waals surface area contributed by atoms with Crippen LogP contribution in [0.5, 0.6) is 0 Å². The lowest BCUT2D eigenvalue weighted by atomic mass is 10.1. The SMILES string of the molecule is CCc1nccn1-c1nc2ccccc2cc1CCl. The van der Waals surface area contributed by atoms with Crippen molar-refractivity contribution in [3.8, 4) is 5.82 Å². The van der Waals surface area contributed by atoms with Crippen LogP contribution in [0.15, 0.2) is 42.7 Å². The summed E-state index contributed by atoms with van der Waals surface area (Å²) in [4.78, 5) is 9.08. The number of aryl methyl sites for hydroxylation is 1. The zero-order valence-electron chi connectivity index (χ0n) is 10.7. The molecule has 3 nitrogen and oxygen atoms in total. The summed E-state index contributed by atoms with van der Waals surface area (Å²) < 4.78 is 2.02. The van der Waals surface area contributed by atoms with Crippen LogP contribution in [-0.4, -0.2) is 14.5 Å². The van der Waals surface area contributed by atoms with Gasteiger partial charge in [0.05, 0.1) is 11.4 Å². The molecule has 0 bridgehead atoms. The Labute approximate surface area is 116 Å². The van der Waals surface area contributed by atoms with Gasteiger partial charge in [-0.2, -0.15) is 0 Å². The second-order valence-corrected chi connectivity index (χ2v) is 4.63. The number of nitrogens with zero attached hydrogens (tertiary/aromatic N) is 3. The Kier molecular flexibility index (Phi) is 3.22. The van der Waals surface area contributed by atoms with Crippen molar-refractivity contribution in [2.45, 2.75) is 19.2 Å². The van der Waals surface area contributed by atoms with Crippen molar-refractivity contribution in [1.29, 1.82) is 0 Å². The van der Waals surface area contributed by atoms with E-state index in [-0.39, 0.29) is 0 Å². The Morgan fingerprint density at radius 1 is 1.26 bits per heavy atom. The number of aromatic nitrogens is 3. The lowest BCUT2D eigenvalue weighted by Crippen LogP contribution is -2.05. The van der Waals surface area contributed by atoms with Crippen molar-refractivity contribution in [2.24, 2.45) is 0 Å². The third-order valence-electron chi connectivity index (χ3n) is 3.19. The van der Waals surface area contributed by atoms with Gasteiger partial charge in [0, 0.05) is 29.8 Å². The summed E-state index contributed by atoms with van der Waals surface area (Å²) in [5.41, 5.74) is 2.00. The molecule has 96 valence electrons. The summed E-state index contributed by atoms with van der Waals surface area (Å²) in [6.45, 7) is 2.08. The van der Waals surface area contributed by atoms with Gasteiger partial charge >= 0.3 is 0 Å². The van der Waals surface area contributed by atoms with E-state index in [0.717, 1.165) is 34.5 Å². The number of imidazole rings is 1. The number of pyridine rings is 1. The van der Waals surface area contributed by atoms with Gasteiger partial charge in [0.1, 0.15) is 11.6 Å². The summed E-state index contributed by atoms with van der Waals surface area (Å²) >= 11 is 6.07. The van der Waals surface area contributed by atoms with Gasteiger partial charge in [-0.15, -0.1) is 11.6 Å². The topological polar surface area (TPSA) is 30.7 Å². The molecule has 3 aromatic rings. The molecule has 0 aliphatic carbocycles. The van der Waals surface area contributed by atoms with E-state index in [1.807, 2.05) is 29.0 Å². The molecule has 0 N–H and O–H groups in total. The van der Waals surface area contributed by atoms with Crippen molar-refractivity contribution >= 4 is 22.5 Å². The molecule has 3 rings (SSSR count). The van der Waals surface area contributed by atoms with Crippen LogP contribution < -0.4 is 0 Å². The first kappa shape index (κ1) is 12.2. The van der Waals surface area contributed by atoms with Crippen LogP contribution in [0, 0.1) is 0 Å². The van der Waals surface area contributed by atoms with Crippen LogP contribution in [0.1, 0.15) is 18.3 Å². The highest BCUT2D eigenvalue weighted by Gasteiger charge is 2.11. The second kappa shape index (κ2) is 5.02. The molecule has 0 saturated heterocycles. The Balaban J connectivity index is 2.27. The number of rotatable bonds is 3. The number of hydrogen-bond donors (Lipinski definition) is 0. The van der Waals surface area contributed by atoms with Crippen molar-refractivity contribution < 1.29 is 0 Å². The van der Waals surface area contributed by atoms with Crippen molar-refractivity contribution in [3.05, 3.63) is 54.1 Å². The first-order valence-corrected chi connectivity index (χ1v) is 6.84. The van der Waals surface area contributed by atoms with E-state index < -0.39 is 0 Å². The monoisotopic (exact) mass is 271 g/mol. The Morgan fingerprint density at radius 3 is 2.89 bits per heavy atom. The maximum Gasteiger partial charge on any atom is 0.143 e. The second-order valence-electron chi connectivity index (χ2n) is 4.36. The van der Waals surface area contributed by atoms with Crippen LogP contribution >= 0.6 is 11.6 Å². The molecule has 0 radical (unpaired) electrons. The number of fused-ring (bicyclic) bond motifs is 1. The minimum atomic E-state index is 0.439. The molecule has 0 amide bonds. The van der Waals surface area contributed by atoms with E-state index in [4.69, 9.17) is 16.6 Å². The van der Waals surface area contributed by atoms with Gasteiger partial charge in [-0.1, -0.05) is 25.1 Å². The lowest BCUT2D eigenvalue weighted by Gasteiger charge is -2.11. The van der Waals surface area contributed by atoms with Gasteiger partial charge in [-0.3, -0.25) is 4.57 Å². The minimum Gasteiger partial charge on any atom is -0.288 e. The molecule has 19 heavy (non-hydrogen) atoms. The van der Waals surface area contributed by atoms with Crippen molar-refractivity contribution in [3.63, 3.8) is 0 Å². The standard InChI is InChI=1S/C15H14ClN3/c1-2-14-17-7-8-19(14)15-12(10-16)9-11-5-3-4-6-13(11)18-15/h3-9H,2,10H2,1H3. The molecule has 2 heterocycles. The third-order valence-corrected chi connectivity index (χ3v) is 3.47. The lowest BCUT2D eigenvalue weighted by molar-refractivity contribution is 0.864. The van der Waals surface area contributed by atoms with Gasteiger partial charge in [0.15, 0.2) is 0 Å². The molecular formula is C15H14ClN3. The molecule has 2 aromatic heterocycles. The fourth-order valence-electron chi connectivity index (χ4n) is 2.25. The Hall–Kier alpha value is -1.87. The predicted octanol–water partition coefficient (Wildman–Crippen LogP) is 3.72. The van der Waals surface area contributed by atoms with Gasteiger partial charge < -0.3 is 0 Å². The molecule has 0 atom stereocenters. The Morgan fingerprint density at radius 2 is 2.11 bits per heavy atom. The number of benzene rings is 1. The van der Waals surface area contributed by atoms with E-state index >= 15 is 0 Å². The van der Waals surface area contributed by atoms with Crippen LogP contribution in [0.4, 0.5) is 0 Å². The summed E-state index contributed by atoms with van der Waals surface area (Å²) in [5, 5.41) is 1.11. The summed E-state index contributed by atoms with van der Waals surface area (Å²) in [7, 11) is 0. The molecule has 1 aromatic carbocycles. The van der Waals surface area contributed by atoms with Crippen LogP contribution in [0.3, 0.4) is 0 Å². The van der Waals surface area contributed by atoms with E-state index in [1.165, 1.54) is 0 Å². The number of hydrogen-bond acceptors (Lipinski definition) is 2. The van der Waals surface area contributed by atoms with Gasteiger partial charge in [-0.25, -0.2) is 9.97 Å². The average molecular weight is 272 g/mol. The van der Waals surface area contributed by atoms with Crippen molar-refractivity contribution in [2.75, 3.05) is 0 Å². The van der Waals surface area contributed by atoms with Gasteiger partial charge in [0.25, 0.3) is 0 Å². The molecule has 0 unspecified atom stereocenters. The highest BCUT2D eigenvalue weighted by atomic mass is 35.5. The fraction of sp³-hybridized carbons (Fsp3) is 0.200. The van der Waals surface area contributed by atoms with Crippen molar-refractivity contribution in [1.82, 2.24) is 14.5 Å². The van der Waals surface area contributed by atoms with Crippen LogP contribution in [0.25, 0.3) is 16.7 Å². The first-order chi connectivity index (χ1) is 9.33. The van der Waals surface area contributed by atoms with E-state index in [9.17, 15) is 0 Å². The van der Waals surface area contributed by atoms with Gasteiger partial charge in [0.2, 0.25) is 0 Å². The highest BCUT2D eigenvalue weighted by Crippen LogP contribution is 2.22. The number of alkyl halides is 1. The summed E-state index contributed by atoms with van der Waals surface area (Å²) in [5.74, 6) is 2.31. The van der Waals surface area contributed by atoms with Gasteiger partial charge in [-0.05, 0) is 12.1 Å². The molecule has 0 saturated carbocycles. The maximum absolute atomic E-state index is 6.07. The van der Waals surface area contributed by atoms with Crippen LogP contribution in [-0.2, 0) is 12.3 Å². The largest absolute Gasteiger partial charge is 0.288 e. The molecule has 0 aliphatic heterocycles. The normalized spacial score (nSPS) is 11.1. The summed E-state index contributed by atoms with van der Waals surface area (Å²) in [6, 6.07) is 10.2. The fourth-order valence-corrected chi connectivity index (χ4v) is 2.44. The molecule has 4 heteroatoms. The van der Waals surface area contributed by atoms with E-state index in [0.29, 0.717) is 5.88 Å². The number of halogens is 1. The molecule has 0 fully saturated rings. The highest BCUT2D eigenvalue weighted by molar-refractivity contribution is 6.17. The zero-order valence-corrected chi connectivity index (χ0v) is 11.4. The third kappa shape index (κ3) is 2.10. The molecular weight excluding hydrogens is 258 g/mol. The zero-order chi connectivity index (χ0) is 13.2. The molecule has 0 aliphatic rings.